The molecule has 0 bridgehead atoms. The molecule has 1 aromatic carbocycles. The number of hydrogen-bond donors (Lipinski definition) is 1. The first kappa shape index (κ1) is 15.8. The van der Waals surface area contributed by atoms with E-state index in [2.05, 4.69) is 26.1 Å². The number of benzene rings is 1. The third kappa shape index (κ3) is 7.73. The van der Waals surface area contributed by atoms with Gasteiger partial charge < -0.3 is 14.8 Å². The Balaban J connectivity index is 2.17. The Bertz CT molecular complexity index is 358. The summed E-state index contributed by atoms with van der Waals surface area (Å²) in [4.78, 5) is 0. The Morgan fingerprint density at radius 2 is 1.74 bits per heavy atom. The smallest absolute Gasteiger partial charge is 0.122 e. The van der Waals surface area contributed by atoms with E-state index in [0.29, 0.717) is 6.61 Å². The largest absolute Gasteiger partial charge is 0.494 e. The average Bonchev–Trinajstić information content (AvgIpc) is 2.33. The van der Waals surface area contributed by atoms with Crippen molar-refractivity contribution in [1.82, 2.24) is 5.32 Å². The summed E-state index contributed by atoms with van der Waals surface area (Å²) in [6, 6.07) is 7.82. The molecule has 0 unspecified atom stereocenters. The fourth-order valence-corrected chi connectivity index (χ4v) is 1.70. The number of unbranched alkanes of at least 4 members (excludes halogenated alkanes) is 1. The number of ether oxygens (including phenoxy) is 2. The van der Waals surface area contributed by atoms with E-state index >= 15 is 0 Å². The van der Waals surface area contributed by atoms with E-state index in [9.17, 15) is 0 Å². The molecular formula is C16H27NO2. The van der Waals surface area contributed by atoms with E-state index in [0.717, 1.165) is 37.5 Å². The van der Waals surface area contributed by atoms with Crippen LogP contribution in [-0.2, 0) is 0 Å². The topological polar surface area (TPSA) is 30.5 Å². The predicted molar refractivity (Wildman–Crippen MR) is 80.1 cm³/mol. The van der Waals surface area contributed by atoms with Crippen molar-refractivity contribution in [2.75, 3.05) is 19.8 Å². The number of hydrogen-bond acceptors (Lipinski definition) is 3. The predicted octanol–water partition coefficient (Wildman–Crippen LogP) is 3.63. The molecule has 0 aromatic heterocycles. The maximum absolute atomic E-state index is 5.72. The van der Waals surface area contributed by atoms with Crippen LogP contribution in [0.25, 0.3) is 0 Å². The molecular weight excluding hydrogens is 238 g/mol. The Kier molecular flexibility index (Phi) is 6.71. The first-order valence-electron chi connectivity index (χ1n) is 7.12. The normalized spacial score (nSPS) is 11.4. The van der Waals surface area contributed by atoms with Crippen molar-refractivity contribution in [2.45, 2.75) is 46.1 Å². The Hall–Kier alpha value is -1.22. The molecule has 1 rings (SSSR count). The van der Waals surface area contributed by atoms with Crippen molar-refractivity contribution >= 4 is 0 Å². The van der Waals surface area contributed by atoms with Crippen LogP contribution in [0.2, 0.25) is 0 Å². The van der Waals surface area contributed by atoms with Crippen LogP contribution in [0.3, 0.4) is 0 Å². The van der Waals surface area contributed by atoms with Gasteiger partial charge in [0, 0.05) is 11.6 Å². The minimum absolute atomic E-state index is 0.201. The number of rotatable bonds is 8. The van der Waals surface area contributed by atoms with E-state index in [1.165, 1.54) is 0 Å². The lowest BCUT2D eigenvalue weighted by Crippen LogP contribution is -2.36. The molecule has 0 fully saturated rings. The highest BCUT2D eigenvalue weighted by Crippen LogP contribution is 2.19. The van der Waals surface area contributed by atoms with E-state index in [1.54, 1.807) is 0 Å². The van der Waals surface area contributed by atoms with Crippen molar-refractivity contribution in [2.24, 2.45) is 0 Å². The average molecular weight is 265 g/mol. The molecule has 0 radical (unpaired) electrons. The van der Waals surface area contributed by atoms with Gasteiger partial charge in [-0.25, -0.2) is 0 Å². The van der Waals surface area contributed by atoms with Crippen LogP contribution in [-0.4, -0.2) is 25.3 Å². The molecule has 3 nitrogen and oxygen atoms in total. The second-order valence-electron chi connectivity index (χ2n) is 5.64. The third-order valence-corrected chi connectivity index (χ3v) is 2.61. The zero-order valence-corrected chi connectivity index (χ0v) is 12.7. The van der Waals surface area contributed by atoms with Gasteiger partial charge in [-0.15, -0.1) is 0 Å². The molecule has 0 saturated carbocycles. The molecule has 0 aliphatic rings. The van der Waals surface area contributed by atoms with Crippen LogP contribution in [0, 0.1) is 0 Å². The fraction of sp³-hybridized carbons (Fsp3) is 0.625. The van der Waals surface area contributed by atoms with Crippen molar-refractivity contribution in [1.29, 1.82) is 0 Å². The molecule has 0 spiro atoms. The van der Waals surface area contributed by atoms with E-state index in [1.807, 2.05) is 31.2 Å². The van der Waals surface area contributed by atoms with E-state index in [-0.39, 0.29) is 5.54 Å². The maximum atomic E-state index is 5.72. The molecule has 3 heteroatoms. The molecule has 108 valence electrons. The van der Waals surface area contributed by atoms with Gasteiger partial charge in [0.2, 0.25) is 0 Å². The molecule has 0 aliphatic carbocycles. The third-order valence-electron chi connectivity index (χ3n) is 2.61. The quantitative estimate of drug-likeness (QED) is 0.728. The molecule has 0 aliphatic heterocycles. The van der Waals surface area contributed by atoms with Gasteiger partial charge in [-0.2, -0.15) is 0 Å². The van der Waals surface area contributed by atoms with Crippen molar-refractivity contribution in [3.63, 3.8) is 0 Å². The molecule has 0 atom stereocenters. The van der Waals surface area contributed by atoms with Gasteiger partial charge in [0.25, 0.3) is 0 Å². The van der Waals surface area contributed by atoms with Gasteiger partial charge in [-0.1, -0.05) is 6.07 Å². The van der Waals surface area contributed by atoms with Crippen LogP contribution in [0.4, 0.5) is 0 Å². The maximum Gasteiger partial charge on any atom is 0.122 e. The highest BCUT2D eigenvalue weighted by atomic mass is 16.5. The van der Waals surface area contributed by atoms with E-state index in [4.69, 9.17) is 9.47 Å². The lowest BCUT2D eigenvalue weighted by molar-refractivity contribution is 0.296. The molecule has 1 aromatic rings. The second kappa shape index (κ2) is 8.05. The summed E-state index contributed by atoms with van der Waals surface area (Å²) in [6.07, 6.45) is 2.18. The molecule has 1 N–H and O–H groups in total. The molecule has 0 amide bonds. The monoisotopic (exact) mass is 265 g/mol. The lowest BCUT2D eigenvalue weighted by atomic mass is 10.1. The SMILES string of the molecule is CCOc1cccc(OCCCCNC(C)(C)C)c1. The minimum atomic E-state index is 0.201. The summed E-state index contributed by atoms with van der Waals surface area (Å²) < 4.78 is 11.2. The summed E-state index contributed by atoms with van der Waals surface area (Å²) in [5.41, 5.74) is 0.201. The summed E-state index contributed by atoms with van der Waals surface area (Å²) in [6.45, 7) is 11.0. The first-order chi connectivity index (χ1) is 9.01. The van der Waals surface area contributed by atoms with Crippen LogP contribution in [0.1, 0.15) is 40.5 Å². The Morgan fingerprint density at radius 1 is 1.05 bits per heavy atom. The number of nitrogens with one attached hydrogen (secondary N) is 1. The summed E-state index contributed by atoms with van der Waals surface area (Å²) in [5.74, 6) is 1.75. The standard InChI is InChI=1S/C16H27NO2/c1-5-18-14-9-8-10-15(13-14)19-12-7-6-11-17-16(2,3)4/h8-10,13,17H,5-7,11-12H2,1-4H3. The van der Waals surface area contributed by atoms with Crippen LogP contribution >= 0.6 is 0 Å². The van der Waals surface area contributed by atoms with E-state index < -0.39 is 0 Å². The van der Waals surface area contributed by atoms with Crippen molar-refractivity contribution in [3.05, 3.63) is 24.3 Å². The van der Waals surface area contributed by atoms with Gasteiger partial charge in [0.15, 0.2) is 0 Å². The van der Waals surface area contributed by atoms with Crippen molar-refractivity contribution < 1.29 is 9.47 Å². The van der Waals surface area contributed by atoms with Gasteiger partial charge in [0.05, 0.1) is 13.2 Å². The minimum Gasteiger partial charge on any atom is -0.494 e. The highest BCUT2D eigenvalue weighted by Gasteiger charge is 2.06. The fourth-order valence-electron chi connectivity index (χ4n) is 1.70. The molecule has 0 heterocycles. The lowest BCUT2D eigenvalue weighted by Gasteiger charge is -2.20. The zero-order chi connectivity index (χ0) is 14.1. The highest BCUT2D eigenvalue weighted by molar-refractivity contribution is 5.32. The zero-order valence-electron chi connectivity index (χ0n) is 12.7. The second-order valence-corrected chi connectivity index (χ2v) is 5.64. The van der Waals surface area contributed by atoms with Crippen LogP contribution < -0.4 is 14.8 Å². The van der Waals surface area contributed by atoms with Gasteiger partial charge in [0.1, 0.15) is 11.5 Å². The molecule has 19 heavy (non-hydrogen) atoms. The van der Waals surface area contributed by atoms with Gasteiger partial charge >= 0.3 is 0 Å². The Morgan fingerprint density at radius 3 is 2.37 bits per heavy atom. The van der Waals surface area contributed by atoms with Crippen LogP contribution in [0.5, 0.6) is 11.5 Å². The van der Waals surface area contributed by atoms with Crippen LogP contribution in [0.15, 0.2) is 24.3 Å². The summed E-state index contributed by atoms with van der Waals surface area (Å²) in [5, 5.41) is 3.47. The first-order valence-corrected chi connectivity index (χ1v) is 7.12. The van der Waals surface area contributed by atoms with Crippen molar-refractivity contribution in [3.8, 4) is 11.5 Å². The van der Waals surface area contributed by atoms with Gasteiger partial charge in [-0.05, 0) is 59.2 Å². The molecule has 0 saturated heterocycles. The Labute approximate surface area is 117 Å². The summed E-state index contributed by atoms with van der Waals surface area (Å²) >= 11 is 0. The summed E-state index contributed by atoms with van der Waals surface area (Å²) in [7, 11) is 0. The van der Waals surface area contributed by atoms with Gasteiger partial charge in [-0.3, -0.25) is 0 Å².